The first-order chi connectivity index (χ1) is 11.5. The van der Waals surface area contributed by atoms with Crippen LogP contribution in [0, 0.1) is 0 Å². The number of nitrogens with one attached hydrogen (secondary N) is 2. The van der Waals surface area contributed by atoms with Crippen molar-refractivity contribution in [1.29, 1.82) is 0 Å². The third kappa shape index (κ3) is 4.66. The van der Waals surface area contributed by atoms with E-state index in [2.05, 4.69) is 33.4 Å². The Bertz CT molecular complexity index is 749. The van der Waals surface area contributed by atoms with Crippen LogP contribution in [0.4, 0.5) is 0 Å². The van der Waals surface area contributed by atoms with Crippen molar-refractivity contribution in [3.05, 3.63) is 59.1 Å². The van der Waals surface area contributed by atoms with Crippen molar-refractivity contribution in [3.63, 3.8) is 0 Å². The molecule has 0 heterocycles. The minimum atomic E-state index is -0.406. The van der Waals surface area contributed by atoms with Crippen LogP contribution in [0.2, 0.25) is 0 Å². The molecule has 2 rings (SSSR count). The van der Waals surface area contributed by atoms with Crippen LogP contribution in [-0.4, -0.2) is 24.7 Å². The second kappa shape index (κ2) is 8.26. The lowest BCUT2D eigenvalue weighted by atomic mass is 10.1. The fourth-order valence-electron chi connectivity index (χ4n) is 1.88. The molecule has 3 N–H and O–H groups in total. The van der Waals surface area contributed by atoms with Crippen molar-refractivity contribution >= 4 is 27.5 Å². The van der Waals surface area contributed by atoms with Crippen LogP contribution in [0.5, 0.6) is 17.2 Å². The molecule has 126 valence electrons. The summed E-state index contributed by atoms with van der Waals surface area (Å²) >= 11 is 3.33. The predicted octanol–water partition coefficient (Wildman–Crippen LogP) is 2.83. The number of ether oxygens (including phenoxy) is 2. The highest BCUT2D eigenvalue weighted by Crippen LogP contribution is 2.30. The second-order valence-corrected chi connectivity index (χ2v) is 5.67. The molecule has 2 aromatic carbocycles. The van der Waals surface area contributed by atoms with Gasteiger partial charge in [0.2, 0.25) is 0 Å². The van der Waals surface area contributed by atoms with Crippen molar-refractivity contribution in [2.24, 2.45) is 0 Å². The lowest BCUT2D eigenvalue weighted by molar-refractivity contribution is -0.123. The molecule has 0 aliphatic rings. The molecule has 0 aromatic heterocycles. The fraction of sp³-hybridized carbons (Fsp3) is 0.118. The highest BCUT2D eigenvalue weighted by atomic mass is 79.9. The normalized spacial score (nSPS) is 9.92. The van der Waals surface area contributed by atoms with Gasteiger partial charge >= 0.3 is 0 Å². The number of para-hydroxylation sites is 1. The molecule has 2 aromatic rings. The quantitative estimate of drug-likeness (QED) is 0.631. The Morgan fingerprint density at radius 3 is 2.67 bits per heavy atom. The number of carbonyl (C=O) groups is 1. The predicted molar refractivity (Wildman–Crippen MR) is 94.6 cm³/mol. The Balaban J connectivity index is 1.86. The number of halogens is 1. The van der Waals surface area contributed by atoms with Crippen LogP contribution in [0.25, 0.3) is 5.70 Å². The van der Waals surface area contributed by atoms with Crippen molar-refractivity contribution in [1.82, 2.24) is 10.9 Å². The Morgan fingerprint density at radius 1 is 1.21 bits per heavy atom. The van der Waals surface area contributed by atoms with Crippen LogP contribution in [-0.2, 0) is 4.79 Å². The number of hydrogen-bond acceptors (Lipinski definition) is 5. The summed E-state index contributed by atoms with van der Waals surface area (Å²) in [6.45, 7) is 3.55. The van der Waals surface area contributed by atoms with E-state index < -0.39 is 5.91 Å². The number of methoxy groups -OCH3 is 1. The summed E-state index contributed by atoms with van der Waals surface area (Å²) in [5.74, 6) is 0.635. The van der Waals surface area contributed by atoms with Gasteiger partial charge in [0.25, 0.3) is 5.91 Å². The highest BCUT2D eigenvalue weighted by molar-refractivity contribution is 9.10. The molecule has 0 atom stereocenters. The van der Waals surface area contributed by atoms with Gasteiger partial charge in [-0.25, -0.2) is 0 Å². The summed E-state index contributed by atoms with van der Waals surface area (Å²) in [6.07, 6.45) is 0. The Kier molecular flexibility index (Phi) is 6.08. The van der Waals surface area contributed by atoms with E-state index in [-0.39, 0.29) is 12.4 Å². The molecule has 0 radical (unpaired) electrons. The number of hydrogen-bond donors (Lipinski definition) is 3. The zero-order chi connectivity index (χ0) is 17.5. The van der Waals surface area contributed by atoms with Crippen LogP contribution in [0.3, 0.4) is 0 Å². The summed E-state index contributed by atoms with van der Waals surface area (Å²) in [4.78, 5) is 11.9. The first-order valence-electron chi connectivity index (χ1n) is 6.99. The van der Waals surface area contributed by atoms with E-state index >= 15 is 0 Å². The lowest BCUT2D eigenvalue weighted by Crippen LogP contribution is -2.39. The Morgan fingerprint density at radius 2 is 1.96 bits per heavy atom. The molecule has 6 nitrogen and oxygen atoms in total. The largest absolute Gasteiger partial charge is 0.507 e. The maximum atomic E-state index is 11.9. The van der Waals surface area contributed by atoms with Gasteiger partial charge in [0, 0.05) is 10.0 Å². The molecule has 0 spiro atoms. The van der Waals surface area contributed by atoms with Crippen LogP contribution >= 0.6 is 15.9 Å². The van der Waals surface area contributed by atoms with Gasteiger partial charge in [0.15, 0.2) is 18.1 Å². The van der Waals surface area contributed by atoms with E-state index in [1.165, 1.54) is 13.2 Å². The standard InChI is InChI=1S/C17H17BrN2O4/c1-11(13-5-3-4-6-14(13)21)19-20-17(22)10-24-15-8-7-12(18)9-16(15)23-2/h3-9,19,21H,1,10H2,2H3,(H,20,22). The minimum absolute atomic E-state index is 0.0695. The monoisotopic (exact) mass is 392 g/mol. The molecule has 0 bridgehead atoms. The number of carbonyl (C=O) groups excluding carboxylic acids is 1. The second-order valence-electron chi connectivity index (χ2n) is 4.75. The maximum Gasteiger partial charge on any atom is 0.276 e. The fourth-order valence-corrected chi connectivity index (χ4v) is 2.22. The molecule has 0 saturated carbocycles. The molecule has 1 amide bonds. The third-order valence-corrected chi connectivity index (χ3v) is 3.56. The molecule has 0 unspecified atom stereocenters. The number of aromatic hydroxyl groups is 1. The van der Waals surface area contributed by atoms with Crippen molar-refractivity contribution in [3.8, 4) is 17.2 Å². The third-order valence-electron chi connectivity index (χ3n) is 3.07. The van der Waals surface area contributed by atoms with Crippen LogP contribution < -0.4 is 20.3 Å². The van der Waals surface area contributed by atoms with Crippen LogP contribution in [0.15, 0.2) is 53.5 Å². The minimum Gasteiger partial charge on any atom is -0.507 e. The number of rotatable bonds is 7. The molecular weight excluding hydrogens is 376 g/mol. The molecule has 7 heteroatoms. The first kappa shape index (κ1) is 17.7. The van der Waals surface area contributed by atoms with E-state index in [1.807, 2.05) is 0 Å². The van der Waals surface area contributed by atoms with E-state index in [1.54, 1.807) is 36.4 Å². The summed E-state index contributed by atoms with van der Waals surface area (Å²) in [7, 11) is 1.52. The van der Waals surface area contributed by atoms with Gasteiger partial charge in [0.1, 0.15) is 5.75 Å². The van der Waals surface area contributed by atoms with E-state index in [4.69, 9.17) is 9.47 Å². The zero-order valence-electron chi connectivity index (χ0n) is 13.0. The summed E-state index contributed by atoms with van der Waals surface area (Å²) in [6, 6.07) is 11.9. The van der Waals surface area contributed by atoms with Gasteiger partial charge in [-0.1, -0.05) is 34.6 Å². The number of phenols is 1. The number of amides is 1. The SMILES string of the molecule is C=C(NNC(=O)COc1ccc(Br)cc1OC)c1ccccc1O. The Labute approximate surface area is 148 Å². The van der Waals surface area contributed by atoms with Crippen molar-refractivity contribution in [2.75, 3.05) is 13.7 Å². The van der Waals surface area contributed by atoms with Gasteiger partial charge < -0.3 is 14.6 Å². The van der Waals surface area contributed by atoms with Gasteiger partial charge in [-0.05, 0) is 30.3 Å². The molecule has 0 fully saturated rings. The smallest absolute Gasteiger partial charge is 0.276 e. The van der Waals surface area contributed by atoms with Crippen molar-refractivity contribution < 1.29 is 19.4 Å². The van der Waals surface area contributed by atoms with Gasteiger partial charge in [0.05, 0.1) is 12.8 Å². The van der Waals surface area contributed by atoms with E-state index in [9.17, 15) is 9.90 Å². The molecule has 0 aliphatic carbocycles. The Hall–Kier alpha value is -2.67. The maximum absolute atomic E-state index is 11.9. The summed E-state index contributed by atoms with van der Waals surface area (Å²) < 4.78 is 11.5. The average molecular weight is 393 g/mol. The molecule has 24 heavy (non-hydrogen) atoms. The van der Waals surface area contributed by atoms with Gasteiger partial charge in [-0.3, -0.25) is 15.6 Å². The zero-order valence-corrected chi connectivity index (χ0v) is 14.6. The number of benzene rings is 2. The number of hydrazine groups is 1. The summed E-state index contributed by atoms with van der Waals surface area (Å²) in [5.41, 5.74) is 5.95. The molecule has 0 aliphatic heterocycles. The molecular formula is C17H17BrN2O4. The van der Waals surface area contributed by atoms with Gasteiger partial charge in [-0.15, -0.1) is 0 Å². The lowest BCUT2D eigenvalue weighted by Gasteiger charge is -2.14. The topological polar surface area (TPSA) is 79.8 Å². The van der Waals surface area contributed by atoms with Crippen molar-refractivity contribution in [2.45, 2.75) is 0 Å². The highest BCUT2D eigenvalue weighted by Gasteiger charge is 2.09. The summed E-state index contributed by atoms with van der Waals surface area (Å²) in [5, 5.41) is 9.72. The first-order valence-corrected chi connectivity index (χ1v) is 7.79. The number of phenolic OH excluding ortho intramolecular Hbond substituents is 1. The van der Waals surface area contributed by atoms with E-state index in [0.29, 0.717) is 22.8 Å². The van der Waals surface area contributed by atoms with Crippen LogP contribution in [0.1, 0.15) is 5.56 Å². The van der Waals surface area contributed by atoms with Gasteiger partial charge in [-0.2, -0.15) is 0 Å². The molecule has 0 saturated heterocycles. The average Bonchev–Trinajstić information content (AvgIpc) is 2.58. The van der Waals surface area contributed by atoms with E-state index in [0.717, 1.165) is 4.47 Å².